The van der Waals surface area contributed by atoms with Gasteiger partial charge >= 0.3 is 6.02 Å². The van der Waals surface area contributed by atoms with Crippen LogP contribution in [0.25, 0.3) is 0 Å². The lowest BCUT2D eigenvalue weighted by molar-refractivity contribution is -0.119. The van der Waals surface area contributed by atoms with E-state index < -0.39 is 11.9 Å². The molecule has 3 aromatic rings. The molecule has 157 valence electrons. The number of hydrogen-bond donors (Lipinski definition) is 1. The lowest BCUT2D eigenvalue weighted by atomic mass is 10.1. The highest BCUT2D eigenvalue weighted by molar-refractivity contribution is 6.45. The first kappa shape index (κ1) is 20.1. The SMILES string of the molecule is COc1ccc(Cc2cn(Cc3ccc(O)cc3)c(N=C3N=C([O])N(C)C3=O)n2)cc1. The second-order valence-electron chi connectivity index (χ2n) is 7.05. The number of carbonyl (C=O) groups is 1. The van der Waals surface area contributed by atoms with Gasteiger partial charge in [-0.3, -0.25) is 9.69 Å². The molecule has 1 aliphatic rings. The van der Waals surface area contributed by atoms with Crippen LogP contribution in [0, 0.1) is 0 Å². The van der Waals surface area contributed by atoms with Crippen LogP contribution in [0.2, 0.25) is 0 Å². The fourth-order valence-electron chi connectivity index (χ4n) is 3.12. The minimum Gasteiger partial charge on any atom is -0.508 e. The van der Waals surface area contributed by atoms with Gasteiger partial charge in [-0.25, -0.2) is 10.1 Å². The number of carbonyl (C=O) groups excluding carboxylic acids is 1. The molecule has 0 saturated heterocycles. The van der Waals surface area contributed by atoms with Crippen LogP contribution in [-0.4, -0.2) is 51.5 Å². The minimum absolute atomic E-state index is 0.173. The second kappa shape index (κ2) is 8.31. The Kier molecular flexibility index (Phi) is 5.40. The quantitative estimate of drug-likeness (QED) is 0.663. The molecule has 1 aliphatic heterocycles. The van der Waals surface area contributed by atoms with Crippen molar-refractivity contribution in [2.75, 3.05) is 14.2 Å². The maximum absolute atomic E-state index is 12.2. The number of amidine groups is 2. The van der Waals surface area contributed by atoms with Crippen molar-refractivity contribution in [2.24, 2.45) is 9.98 Å². The zero-order valence-corrected chi connectivity index (χ0v) is 17.0. The molecule has 0 unspecified atom stereocenters. The number of phenolic OH excluding ortho intramolecular Hbond substituents is 1. The summed E-state index contributed by atoms with van der Waals surface area (Å²) in [6, 6.07) is 13.8. The summed E-state index contributed by atoms with van der Waals surface area (Å²) in [6.45, 7) is 0.417. The Labute approximate surface area is 178 Å². The van der Waals surface area contributed by atoms with Crippen molar-refractivity contribution in [1.29, 1.82) is 0 Å². The normalized spacial score (nSPS) is 14.9. The number of nitrogens with zero attached hydrogens (tertiary/aromatic N) is 5. The van der Waals surface area contributed by atoms with Gasteiger partial charge in [-0.1, -0.05) is 24.3 Å². The smallest absolute Gasteiger partial charge is 0.352 e. The van der Waals surface area contributed by atoms with E-state index >= 15 is 0 Å². The first-order chi connectivity index (χ1) is 14.9. The van der Waals surface area contributed by atoms with E-state index in [0.717, 1.165) is 27.5 Å². The van der Waals surface area contributed by atoms with E-state index in [1.165, 1.54) is 7.05 Å². The van der Waals surface area contributed by atoms with E-state index in [1.54, 1.807) is 35.9 Å². The van der Waals surface area contributed by atoms with Crippen molar-refractivity contribution < 1.29 is 19.7 Å². The summed E-state index contributed by atoms with van der Waals surface area (Å²) in [5, 5.41) is 21.2. The molecular weight excluding hydrogens is 398 g/mol. The Bertz CT molecular complexity index is 1160. The van der Waals surface area contributed by atoms with Gasteiger partial charge in [0.1, 0.15) is 11.5 Å². The number of imidazole rings is 1. The minimum atomic E-state index is -0.654. The second-order valence-corrected chi connectivity index (χ2v) is 7.05. The molecule has 0 atom stereocenters. The molecule has 2 heterocycles. The van der Waals surface area contributed by atoms with Crippen LogP contribution >= 0.6 is 0 Å². The van der Waals surface area contributed by atoms with Crippen LogP contribution in [0.3, 0.4) is 0 Å². The summed E-state index contributed by atoms with van der Waals surface area (Å²) < 4.78 is 6.97. The monoisotopic (exact) mass is 418 g/mol. The van der Waals surface area contributed by atoms with Crippen molar-refractivity contribution in [3.63, 3.8) is 0 Å². The van der Waals surface area contributed by atoms with Gasteiger partial charge in [-0.05, 0) is 35.4 Å². The average Bonchev–Trinajstić information content (AvgIpc) is 3.25. The number of phenols is 1. The summed E-state index contributed by atoms with van der Waals surface area (Å²) in [6.07, 6.45) is 2.40. The molecule has 9 heteroatoms. The molecule has 0 spiro atoms. The van der Waals surface area contributed by atoms with Crippen molar-refractivity contribution in [2.45, 2.75) is 13.0 Å². The Hall–Kier alpha value is -4.14. The number of aromatic nitrogens is 2. The number of hydrogen-bond acceptors (Lipinski definition) is 5. The zero-order chi connectivity index (χ0) is 22.0. The van der Waals surface area contributed by atoms with E-state index in [-0.39, 0.29) is 17.5 Å². The topological polar surface area (TPSA) is 112 Å². The number of amides is 1. The van der Waals surface area contributed by atoms with Gasteiger partial charge in [0.2, 0.25) is 11.8 Å². The fourth-order valence-corrected chi connectivity index (χ4v) is 3.12. The number of likely N-dealkylation sites (N-methyl/N-ethyl adjacent to an activating group) is 1. The number of aliphatic imine (C=N–C) groups is 2. The van der Waals surface area contributed by atoms with E-state index in [1.807, 2.05) is 30.5 Å². The molecule has 0 fully saturated rings. The molecule has 0 saturated carbocycles. The molecule has 31 heavy (non-hydrogen) atoms. The first-order valence-electron chi connectivity index (χ1n) is 9.52. The molecule has 9 nitrogen and oxygen atoms in total. The fraction of sp³-hybridized carbons (Fsp3) is 0.182. The number of ether oxygens (including phenoxy) is 1. The Balaban J connectivity index is 1.67. The molecule has 0 bridgehead atoms. The Morgan fingerprint density at radius 1 is 1.06 bits per heavy atom. The van der Waals surface area contributed by atoms with Crippen LogP contribution in [-0.2, 0) is 22.9 Å². The highest BCUT2D eigenvalue weighted by Gasteiger charge is 2.30. The molecular formula is C22H20N5O4. The molecule has 4 rings (SSSR count). The average molecular weight is 418 g/mol. The largest absolute Gasteiger partial charge is 0.508 e. The molecule has 1 N–H and O–H groups in total. The third kappa shape index (κ3) is 4.40. The third-order valence-electron chi connectivity index (χ3n) is 4.83. The summed E-state index contributed by atoms with van der Waals surface area (Å²) >= 11 is 0. The summed E-state index contributed by atoms with van der Waals surface area (Å²) in [5.41, 5.74) is 2.69. The van der Waals surface area contributed by atoms with Gasteiger partial charge in [0.15, 0.2) is 0 Å². The highest BCUT2D eigenvalue weighted by atomic mass is 16.5. The summed E-state index contributed by atoms with van der Waals surface area (Å²) in [5.74, 6) is 0.449. The number of benzene rings is 2. The number of rotatable bonds is 6. The number of methoxy groups -OCH3 is 1. The molecule has 2 aromatic carbocycles. The predicted molar refractivity (Wildman–Crippen MR) is 113 cm³/mol. The van der Waals surface area contributed by atoms with Crippen LogP contribution in [0.5, 0.6) is 11.5 Å². The van der Waals surface area contributed by atoms with Gasteiger partial charge in [0.25, 0.3) is 5.91 Å². The van der Waals surface area contributed by atoms with Crippen LogP contribution < -0.4 is 4.74 Å². The van der Waals surface area contributed by atoms with E-state index in [4.69, 9.17) is 4.74 Å². The summed E-state index contributed by atoms with van der Waals surface area (Å²) in [7, 11) is 2.97. The number of aromatic hydroxyl groups is 1. The van der Waals surface area contributed by atoms with Gasteiger partial charge in [-0.15, -0.1) is 0 Å². The Morgan fingerprint density at radius 2 is 1.74 bits per heavy atom. The van der Waals surface area contributed by atoms with Crippen molar-refractivity contribution in [1.82, 2.24) is 14.5 Å². The van der Waals surface area contributed by atoms with Crippen molar-refractivity contribution in [3.05, 3.63) is 71.5 Å². The molecule has 1 radical (unpaired) electrons. The van der Waals surface area contributed by atoms with Gasteiger partial charge in [0, 0.05) is 19.7 Å². The van der Waals surface area contributed by atoms with Gasteiger partial charge in [-0.2, -0.15) is 9.98 Å². The van der Waals surface area contributed by atoms with Crippen molar-refractivity contribution >= 4 is 23.7 Å². The molecule has 1 aromatic heterocycles. The Morgan fingerprint density at radius 3 is 2.35 bits per heavy atom. The van der Waals surface area contributed by atoms with Crippen LogP contribution in [0.4, 0.5) is 5.95 Å². The van der Waals surface area contributed by atoms with Crippen LogP contribution in [0.1, 0.15) is 16.8 Å². The van der Waals surface area contributed by atoms with Crippen LogP contribution in [0.15, 0.2) is 64.7 Å². The molecule has 1 amide bonds. The lowest BCUT2D eigenvalue weighted by Crippen LogP contribution is -2.28. The predicted octanol–water partition coefficient (Wildman–Crippen LogP) is 2.52. The first-order valence-corrected chi connectivity index (χ1v) is 9.52. The maximum atomic E-state index is 12.2. The zero-order valence-electron chi connectivity index (χ0n) is 17.0. The van der Waals surface area contributed by atoms with Gasteiger partial charge in [0.05, 0.1) is 19.3 Å². The molecule has 0 aliphatic carbocycles. The van der Waals surface area contributed by atoms with Gasteiger partial charge < -0.3 is 14.4 Å². The van der Waals surface area contributed by atoms with E-state index in [0.29, 0.717) is 13.0 Å². The third-order valence-corrected chi connectivity index (χ3v) is 4.83. The van der Waals surface area contributed by atoms with Crippen molar-refractivity contribution in [3.8, 4) is 11.5 Å². The van der Waals surface area contributed by atoms with E-state index in [9.17, 15) is 15.0 Å². The summed E-state index contributed by atoms with van der Waals surface area (Å²) in [4.78, 5) is 25.6. The highest BCUT2D eigenvalue weighted by Crippen LogP contribution is 2.21. The lowest BCUT2D eigenvalue weighted by Gasteiger charge is -2.05. The standard InChI is InChI=1S/C22H20N5O4/c1-26-20(29)19(25-22(26)30)24-21-23-16(11-14-5-9-18(31-2)10-6-14)13-27(21)12-15-3-7-17(28)8-4-15/h3-10,13,28H,11-12H2,1-2H3. The van der Waals surface area contributed by atoms with E-state index in [2.05, 4.69) is 15.0 Å². The maximum Gasteiger partial charge on any atom is 0.352 e.